The molecule has 1 amide bonds. The fraction of sp³-hybridized carbons (Fsp3) is 0.632. The monoisotopic (exact) mass is 285 g/mol. The van der Waals surface area contributed by atoms with Crippen molar-refractivity contribution in [1.29, 1.82) is 0 Å². The Bertz CT molecular complexity index is 534. The molecule has 2 nitrogen and oxygen atoms in total. The molecule has 114 valence electrons. The molecule has 2 heteroatoms. The maximum atomic E-state index is 12.5. The Morgan fingerprint density at radius 2 is 2.10 bits per heavy atom. The van der Waals surface area contributed by atoms with Crippen molar-refractivity contribution >= 4 is 11.6 Å². The van der Waals surface area contributed by atoms with Crippen molar-refractivity contribution in [2.75, 3.05) is 5.32 Å². The smallest absolute Gasteiger partial charge is 0.224 e. The second-order valence-corrected chi connectivity index (χ2v) is 7.38. The van der Waals surface area contributed by atoms with Gasteiger partial charge in [-0.25, -0.2) is 0 Å². The van der Waals surface area contributed by atoms with Crippen molar-refractivity contribution in [3.63, 3.8) is 0 Å². The number of carbonyl (C=O) groups is 1. The van der Waals surface area contributed by atoms with Gasteiger partial charge in [0.1, 0.15) is 0 Å². The molecule has 1 aromatic carbocycles. The molecular formula is C19H27NO. The third-order valence-corrected chi connectivity index (χ3v) is 5.52. The molecule has 2 bridgehead atoms. The van der Waals surface area contributed by atoms with Gasteiger partial charge in [0.25, 0.3) is 0 Å². The van der Waals surface area contributed by atoms with E-state index < -0.39 is 0 Å². The zero-order valence-corrected chi connectivity index (χ0v) is 13.5. The Morgan fingerprint density at radius 1 is 1.29 bits per heavy atom. The third kappa shape index (κ3) is 3.00. The van der Waals surface area contributed by atoms with Crippen LogP contribution in [0, 0.1) is 24.7 Å². The Kier molecular flexibility index (Phi) is 4.05. The van der Waals surface area contributed by atoms with Crippen molar-refractivity contribution in [3.05, 3.63) is 29.3 Å². The van der Waals surface area contributed by atoms with E-state index in [0.29, 0.717) is 18.3 Å². The lowest BCUT2D eigenvalue weighted by Crippen LogP contribution is -2.21. The molecule has 0 heterocycles. The van der Waals surface area contributed by atoms with Crippen LogP contribution in [0.25, 0.3) is 0 Å². The normalized spacial score (nSPS) is 27.3. The predicted octanol–water partition coefficient (Wildman–Crippen LogP) is 4.88. The summed E-state index contributed by atoms with van der Waals surface area (Å²) in [4.78, 5) is 12.5. The summed E-state index contributed by atoms with van der Waals surface area (Å²) in [5, 5.41) is 3.21. The van der Waals surface area contributed by atoms with Crippen LogP contribution in [0.15, 0.2) is 18.2 Å². The highest BCUT2D eigenvalue weighted by Gasteiger charge is 2.40. The maximum absolute atomic E-state index is 12.5. The van der Waals surface area contributed by atoms with E-state index in [-0.39, 0.29) is 5.91 Å². The van der Waals surface area contributed by atoms with E-state index in [1.54, 1.807) is 0 Å². The number of hydrogen-bond acceptors (Lipinski definition) is 1. The number of hydrogen-bond donors (Lipinski definition) is 1. The summed E-state index contributed by atoms with van der Waals surface area (Å²) >= 11 is 0. The molecule has 0 radical (unpaired) electrons. The van der Waals surface area contributed by atoms with E-state index in [2.05, 4.69) is 44.3 Å². The van der Waals surface area contributed by atoms with Crippen LogP contribution in [0.1, 0.15) is 63.0 Å². The van der Waals surface area contributed by atoms with E-state index in [4.69, 9.17) is 0 Å². The molecule has 0 aromatic heterocycles. The highest BCUT2D eigenvalue weighted by molar-refractivity contribution is 5.92. The summed E-state index contributed by atoms with van der Waals surface area (Å²) in [6.07, 6.45) is 6.12. The first-order valence-electron chi connectivity index (χ1n) is 8.44. The van der Waals surface area contributed by atoms with Crippen molar-refractivity contribution in [1.82, 2.24) is 0 Å². The first-order chi connectivity index (χ1) is 10.0. The lowest BCUT2D eigenvalue weighted by molar-refractivity contribution is -0.117. The quantitative estimate of drug-likeness (QED) is 0.839. The van der Waals surface area contributed by atoms with Crippen molar-refractivity contribution in [2.24, 2.45) is 17.8 Å². The van der Waals surface area contributed by atoms with Crippen LogP contribution in [0.2, 0.25) is 0 Å². The number of carbonyl (C=O) groups excluding carboxylic acids is 1. The number of rotatable bonds is 4. The van der Waals surface area contributed by atoms with Crippen LogP contribution >= 0.6 is 0 Å². The molecule has 2 saturated carbocycles. The van der Waals surface area contributed by atoms with Crippen molar-refractivity contribution in [3.8, 4) is 0 Å². The van der Waals surface area contributed by atoms with Crippen LogP contribution in [-0.2, 0) is 4.79 Å². The van der Waals surface area contributed by atoms with E-state index in [9.17, 15) is 4.79 Å². The van der Waals surface area contributed by atoms with Gasteiger partial charge in [-0.1, -0.05) is 38.5 Å². The Labute approximate surface area is 128 Å². The molecule has 3 atom stereocenters. The van der Waals surface area contributed by atoms with Crippen LogP contribution in [0.5, 0.6) is 0 Å². The zero-order valence-electron chi connectivity index (χ0n) is 13.5. The molecule has 0 spiro atoms. The lowest BCUT2D eigenvalue weighted by atomic mass is 9.86. The molecule has 1 N–H and O–H groups in total. The molecule has 2 fully saturated rings. The van der Waals surface area contributed by atoms with Gasteiger partial charge in [-0.15, -0.1) is 0 Å². The number of benzene rings is 1. The molecule has 21 heavy (non-hydrogen) atoms. The average Bonchev–Trinajstić information content (AvgIpc) is 3.03. The summed E-state index contributed by atoms with van der Waals surface area (Å²) in [6.45, 7) is 6.44. The molecule has 1 aromatic rings. The number of nitrogens with one attached hydrogen (secondary N) is 1. The Hall–Kier alpha value is -1.31. The van der Waals surface area contributed by atoms with Gasteiger partial charge in [0.05, 0.1) is 0 Å². The van der Waals surface area contributed by atoms with Gasteiger partial charge in [0.2, 0.25) is 5.91 Å². The van der Waals surface area contributed by atoms with Gasteiger partial charge < -0.3 is 5.32 Å². The highest BCUT2D eigenvalue weighted by atomic mass is 16.1. The number of para-hydroxylation sites is 1. The van der Waals surface area contributed by atoms with Gasteiger partial charge in [0, 0.05) is 12.1 Å². The SMILES string of the molecule is Cc1cccc(C(C)C)c1NC(=O)C[C@H]1C[C@@H]2CC[C@@H]1C2. The minimum absolute atomic E-state index is 0.212. The van der Waals surface area contributed by atoms with Crippen LogP contribution in [0.4, 0.5) is 5.69 Å². The number of anilines is 1. The average molecular weight is 285 g/mol. The highest BCUT2D eigenvalue weighted by Crippen LogP contribution is 2.49. The first kappa shape index (κ1) is 14.6. The maximum Gasteiger partial charge on any atom is 0.224 e. The fourth-order valence-corrected chi connectivity index (χ4v) is 4.40. The van der Waals surface area contributed by atoms with Crippen molar-refractivity contribution < 1.29 is 4.79 Å². The van der Waals surface area contributed by atoms with Gasteiger partial charge in [-0.2, -0.15) is 0 Å². The molecule has 0 saturated heterocycles. The largest absolute Gasteiger partial charge is 0.326 e. The summed E-state index contributed by atoms with van der Waals surface area (Å²) in [6, 6.07) is 6.29. The van der Waals surface area contributed by atoms with E-state index in [1.807, 2.05) is 0 Å². The molecule has 0 aliphatic heterocycles. The van der Waals surface area contributed by atoms with E-state index >= 15 is 0 Å². The van der Waals surface area contributed by atoms with Crippen molar-refractivity contribution in [2.45, 2.75) is 58.8 Å². The standard InChI is InChI=1S/C19H27NO/c1-12(2)17-6-4-5-13(3)19(17)20-18(21)11-16-10-14-7-8-15(16)9-14/h4-6,12,14-16H,7-11H2,1-3H3,(H,20,21)/t14-,15-,16-/m1/s1. The molecule has 2 aliphatic rings. The second-order valence-electron chi connectivity index (χ2n) is 7.38. The molecule has 0 unspecified atom stereocenters. The molecule has 2 aliphatic carbocycles. The van der Waals surface area contributed by atoms with Crippen LogP contribution in [0.3, 0.4) is 0 Å². The zero-order chi connectivity index (χ0) is 15.0. The van der Waals surface area contributed by atoms with E-state index in [0.717, 1.165) is 17.5 Å². The van der Waals surface area contributed by atoms with Crippen LogP contribution in [-0.4, -0.2) is 5.91 Å². The van der Waals surface area contributed by atoms with Gasteiger partial charge in [-0.3, -0.25) is 4.79 Å². The van der Waals surface area contributed by atoms with Crippen LogP contribution < -0.4 is 5.32 Å². The van der Waals surface area contributed by atoms with Gasteiger partial charge >= 0.3 is 0 Å². The minimum atomic E-state index is 0.212. The summed E-state index contributed by atoms with van der Waals surface area (Å²) in [5.74, 6) is 3.02. The lowest BCUT2D eigenvalue weighted by Gasteiger charge is -2.22. The summed E-state index contributed by atoms with van der Waals surface area (Å²) in [7, 11) is 0. The van der Waals surface area contributed by atoms with Gasteiger partial charge in [0.15, 0.2) is 0 Å². The number of amides is 1. The Morgan fingerprint density at radius 3 is 2.71 bits per heavy atom. The molecule has 3 rings (SSSR count). The fourth-order valence-electron chi connectivity index (χ4n) is 4.40. The summed E-state index contributed by atoms with van der Waals surface area (Å²) in [5.41, 5.74) is 3.46. The van der Waals surface area contributed by atoms with E-state index in [1.165, 1.54) is 36.8 Å². The number of aryl methyl sites for hydroxylation is 1. The van der Waals surface area contributed by atoms with Gasteiger partial charge in [-0.05, 0) is 61.0 Å². The first-order valence-corrected chi connectivity index (χ1v) is 8.44. The number of fused-ring (bicyclic) bond motifs is 2. The minimum Gasteiger partial charge on any atom is -0.326 e. The summed E-state index contributed by atoms with van der Waals surface area (Å²) < 4.78 is 0. The second kappa shape index (κ2) is 5.82. The topological polar surface area (TPSA) is 29.1 Å². The molecular weight excluding hydrogens is 258 g/mol. The predicted molar refractivity (Wildman–Crippen MR) is 87.5 cm³/mol. The Balaban J connectivity index is 1.67. The third-order valence-electron chi connectivity index (χ3n) is 5.52.